The summed E-state index contributed by atoms with van der Waals surface area (Å²) in [7, 11) is 0. The summed E-state index contributed by atoms with van der Waals surface area (Å²) < 4.78 is 5.32. The second-order valence-electron chi connectivity index (χ2n) is 5.02. The van der Waals surface area contributed by atoms with Gasteiger partial charge in [0.1, 0.15) is 5.75 Å². The number of rotatable bonds is 7. The molecule has 1 aromatic rings. The van der Waals surface area contributed by atoms with Gasteiger partial charge in [-0.05, 0) is 32.0 Å². The minimum atomic E-state index is -0.279. The standard InChI is InChI=1S/C15H20Cl2N2O3/c1-10(2)19(11(3)20)7-6-18-15(21)9-22-14-5-4-12(16)8-13(14)17/h4-5,8,10H,6-7,9H2,1-3H3,(H,18,21). The van der Waals surface area contributed by atoms with E-state index < -0.39 is 0 Å². The van der Waals surface area contributed by atoms with Crippen LogP contribution in [0.25, 0.3) is 0 Å². The highest BCUT2D eigenvalue weighted by molar-refractivity contribution is 6.35. The summed E-state index contributed by atoms with van der Waals surface area (Å²) in [4.78, 5) is 24.8. The Morgan fingerprint density at radius 1 is 1.32 bits per heavy atom. The Balaban J connectivity index is 2.36. The number of halogens is 2. The molecule has 0 aliphatic carbocycles. The topological polar surface area (TPSA) is 58.6 Å². The van der Waals surface area contributed by atoms with Crippen LogP contribution in [-0.4, -0.2) is 42.5 Å². The lowest BCUT2D eigenvalue weighted by Gasteiger charge is -2.25. The summed E-state index contributed by atoms with van der Waals surface area (Å²) in [5, 5.41) is 3.55. The molecular weight excluding hydrogens is 327 g/mol. The minimum Gasteiger partial charge on any atom is -0.482 e. The highest BCUT2D eigenvalue weighted by Gasteiger charge is 2.12. The number of hydrogen-bond acceptors (Lipinski definition) is 3. The van der Waals surface area contributed by atoms with Gasteiger partial charge in [-0.2, -0.15) is 0 Å². The predicted molar refractivity (Wildman–Crippen MR) is 87.5 cm³/mol. The van der Waals surface area contributed by atoms with E-state index in [9.17, 15) is 9.59 Å². The molecule has 2 amide bonds. The Labute approximate surface area is 140 Å². The molecule has 122 valence electrons. The first kappa shape index (κ1) is 18.6. The number of nitrogens with one attached hydrogen (secondary N) is 1. The van der Waals surface area contributed by atoms with E-state index in [4.69, 9.17) is 27.9 Å². The van der Waals surface area contributed by atoms with Gasteiger partial charge < -0.3 is 15.0 Å². The van der Waals surface area contributed by atoms with Crippen molar-refractivity contribution in [1.82, 2.24) is 10.2 Å². The maximum Gasteiger partial charge on any atom is 0.258 e. The molecule has 0 atom stereocenters. The highest BCUT2D eigenvalue weighted by Crippen LogP contribution is 2.27. The lowest BCUT2D eigenvalue weighted by molar-refractivity contribution is -0.131. The van der Waals surface area contributed by atoms with Crippen LogP contribution in [0, 0.1) is 0 Å². The normalized spacial score (nSPS) is 10.5. The van der Waals surface area contributed by atoms with Crippen molar-refractivity contribution in [2.75, 3.05) is 19.7 Å². The molecule has 0 spiro atoms. The molecule has 0 aromatic heterocycles. The van der Waals surface area contributed by atoms with Crippen molar-refractivity contribution in [3.8, 4) is 5.75 Å². The first-order chi connectivity index (χ1) is 10.3. The third kappa shape index (κ3) is 6.12. The summed E-state index contributed by atoms with van der Waals surface area (Å²) in [5.41, 5.74) is 0. The third-order valence-electron chi connectivity index (χ3n) is 2.96. The van der Waals surface area contributed by atoms with Gasteiger partial charge in [-0.3, -0.25) is 9.59 Å². The van der Waals surface area contributed by atoms with Gasteiger partial charge in [0, 0.05) is 31.1 Å². The monoisotopic (exact) mass is 346 g/mol. The molecule has 0 aliphatic heterocycles. The van der Waals surface area contributed by atoms with Crippen molar-refractivity contribution in [2.24, 2.45) is 0 Å². The molecule has 0 radical (unpaired) electrons. The van der Waals surface area contributed by atoms with Crippen molar-refractivity contribution in [2.45, 2.75) is 26.8 Å². The average Bonchev–Trinajstić information content (AvgIpc) is 2.41. The predicted octanol–water partition coefficient (Wildman–Crippen LogP) is 2.75. The van der Waals surface area contributed by atoms with Crippen LogP contribution in [0.1, 0.15) is 20.8 Å². The molecule has 0 saturated carbocycles. The van der Waals surface area contributed by atoms with E-state index in [1.807, 2.05) is 13.8 Å². The molecule has 7 heteroatoms. The summed E-state index contributed by atoms with van der Waals surface area (Å²) in [5.74, 6) is 0.0977. The molecule has 0 fully saturated rings. The average molecular weight is 347 g/mol. The van der Waals surface area contributed by atoms with E-state index in [1.54, 1.807) is 23.1 Å². The first-order valence-corrected chi connectivity index (χ1v) is 7.68. The maximum atomic E-state index is 11.7. The number of carbonyl (C=O) groups is 2. The molecule has 5 nitrogen and oxygen atoms in total. The lowest BCUT2D eigenvalue weighted by Crippen LogP contribution is -2.42. The van der Waals surface area contributed by atoms with Crippen LogP contribution in [-0.2, 0) is 9.59 Å². The molecule has 0 unspecified atom stereocenters. The van der Waals surface area contributed by atoms with Crippen molar-refractivity contribution < 1.29 is 14.3 Å². The van der Waals surface area contributed by atoms with Crippen molar-refractivity contribution in [3.63, 3.8) is 0 Å². The largest absolute Gasteiger partial charge is 0.482 e. The molecular formula is C15H20Cl2N2O3. The molecule has 22 heavy (non-hydrogen) atoms. The lowest BCUT2D eigenvalue weighted by atomic mass is 10.3. The SMILES string of the molecule is CC(=O)N(CCNC(=O)COc1ccc(Cl)cc1Cl)C(C)C. The van der Waals surface area contributed by atoms with E-state index in [0.29, 0.717) is 28.9 Å². The minimum absolute atomic E-state index is 0.0200. The Morgan fingerprint density at radius 2 is 2.00 bits per heavy atom. The molecule has 1 rings (SSSR count). The zero-order valence-corrected chi connectivity index (χ0v) is 14.4. The number of hydrogen-bond donors (Lipinski definition) is 1. The van der Waals surface area contributed by atoms with Crippen LogP contribution >= 0.6 is 23.2 Å². The van der Waals surface area contributed by atoms with E-state index in [0.717, 1.165) is 0 Å². The molecule has 0 heterocycles. The number of benzene rings is 1. The van der Waals surface area contributed by atoms with Crippen LogP contribution in [0.4, 0.5) is 0 Å². The summed E-state index contributed by atoms with van der Waals surface area (Å²) in [6, 6.07) is 4.88. The number of nitrogens with zero attached hydrogens (tertiary/aromatic N) is 1. The van der Waals surface area contributed by atoms with Gasteiger partial charge in [-0.25, -0.2) is 0 Å². The van der Waals surface area contributed by atoms with Crippen LogP contribution in [0.3, 0.4) is 0 Å². The number of amides is 2. The van der Waals surface area contributed by atoms with Crippen molar-refractivity contribution >= 4 is 35.0 Å². The van der Waals surface area contributed by atoms with Crippen LogP contribution in [0.5, 0.6) is 5.75 Å². The first-order valence-electron chi connectivity index (χ1n) is 6.93. The molecule has 1 aromatic carbocycles. The van der Waals surface area contributed by atoms with E-state index in [2.05, 4.69) is 5.32 Å². The second kappa shape index (κ2) is 8.86. The zero-order chi connectivity index (χ0) is 16.7. The molecule has 1 N–H and O–H groups in total. The second-order valence-corrected chi connectivity index (χ2v) is 5.86. The van der Waals surface area contributed by atoms with Gasteiger partial charge in [-0.1, -0.05) is 23.2 Å². The third-order valence-corrected chi connectivity index (χ3v) is 3.49. The van der Waals surface area contributed by atoms with Gasteiger partial charge in [0.25, 0.3) is 5.91 Å². The van der Waals surface area contributed by atoms with Gasteiger partial charge in [0.2, 0.25) is 5.91 Å². The summed E-state index contributed by atoms with van der Waals surface area (Å²) in [6.07, 6.45) is 0. The van der Waals surface area contributed by atoms with E-state index >= 15 is 0 Å². The van der Waals surface area contributed by atoms with Gasteiger partial charge >= 0.3 is 0 Å². The Kier molecular flexibility index (Phi) is 7.48. The highest BCUT2D eigenvalue weighted by atomic mass is 35.5. The van der Waals surface area contributed by atoms with Crippen LogP contribution in [0.15, 0.2) is 18.2 Å². The Bertz CT molecular complexity index is 536. The quantitative estimate of drug-likeness (QED) is 0.825. The summed E-state index contributed by atoms with van der Waals surface area (Å²) >= 11 is 11.7. The van der Waals surface area contributed by atoms with Gasteiger partial charge in [0.05, 0.1) is 5.02 Å². The zero-order valence-electron chi connectivity index (χ0n) is 12.9. The van der Waals surface area contributed by atoms with Gasteiger partial charge in [-0.15, -0.1) is 0 Å². The van der Waals surface area contributed by atoms with Crippen molar-refractivity contribution in [1.29, 1.82) is 0 Å². The smallest absolute Gasteiger partial charge is 0.258 e. The molecule has 0 bridgehead atoms. The fraction of sp³-hybridized carbons (Fsp3) is 0.467. The molecule has 0 saturated heterocycles. The maximum absolute atomic E-state index is 11.7. The fourth-order valence-corrected chi connectivity index (χ4v) is 2.34. The van der Waals surface area contributed by atoms with Crippen LogP contribution in [0.2, 0.25) is 10.0 Å². The van der Waals surface area contributed by atoms with Crippen LogP contribution < -0.4 is 10.1 Å². The Hall–Kier alpha value is -1.46. The fourth-order valence-electron chi connectivity index (χ4n) is 1.88. The molecule has 0 aliphatic rings. The number of ether oxygens (including phenoxy) is 1. The van der Waals surface area contributed by atoms with E-state index in [1.165, 1.54) is 6.92 Å². The van der Waals surface area contributed by atoms with Crippen molar-refractivity contribution in [3.05, 3.63) is 28.2 Å². The Morgan fingerprint density at radius 3 is 2.55 bits per heavy atom. The summed E-state index contributed by atoms with van der Waals surface area (Å²) in [6.45, 7) is 6.04. The number of carbonyl (C=O) groups excluding carboxylic acids is 2. The van der Waals surface area contributed by atoms with Gasteiger partial charge in [0.15, 0.2) is 6.61 Å². The van der Waals surface area contributed by atoms with E-state index in [-0.39, 0.29) is 24.5 Å².